The van der Waals surface area contributed by atoms with E-state index < -0.39 is 0 Å². The molecule has 0 aliphatic carbocycles. The zero-order valence-corrected chi connectivity index (χ0v) is 17.9. The number of likely N-dealkylation sites (N-methyl/N-ethyl adjacent to an activating group) is 1. The molecule has 2 aromatic rings. The second-order valence-corrected chi connectivity index (χ2v) is 8.36. The highest BCUT2D eigenvalue weighted by Gasteiger charge is 2.33. The van der Waals surface area contributed by atoms with Gasteiger partial charge in [0.2, 0.25) is 23.1 Å². The lowest BCUT2D eigenvalue weighted by atomic mass is 10.0. The van der Waals surface area contributed by atoms with Crippen molar-refractivity contribution < 1.29 is 9.41 Å². The number of benzene rings is 1. The van der Waals surface area contributed by atoms with E-state index in [0.29, 0.717) is 18.0 Å². The van der Waals surface area contributed by atoms with Gasteiger partial charge in [-0.05, 0) is 23.6 Å². The fraction of sp³-hybridized carbons (Fsp3) is 0.391. The van der Waals surface area contributed by atoms with Gasteiger partial charge in [-0.25, -0.2) is 14.2 Å². The van der Waals surface area contributed by atoms with Crippen molar-refractivity contribution in [2.75, 3.05) is 14.1 Å². The highest BCUT2D eigenvalue weighted by molar-refractivity contribution is 5.77. The van der Waals surface area contributed by atoms with E-state index in [0.717, 1.165) is 29.1 Å². The first-order chi connectivity index (χ1) is 14.3. The number of hydrogen-bond donors (Lipinski definition) is 0. The molecule has 0 saturated heterocycles. The van der Waals surface area contributed by atoms with Crippen molar-refractivity contribution in [1.29, 1.82) is 0 Å². The molecule has 2 unspecified atom stereocenters. The Labute approximate surface area is 176 Å². The molecule has 0 radical (unpaired) electrons. The molecule has 0 bridgehead atoms. The minimum Gasteiger partial charge on any atom is -0.388 e. The molecule has 0 fully saturated rings. The zero-order chi connectivity index (χ0) is 21.4. The fourth-order valence-electron chi connectivity index (χ4n) is 3.72. The highest BCUT2D eigenvalue weighted by atomic mass is 16.7. The Balaban J connectivity index is 1.56. The summed E-state index contributed by atoms with van der Waals surface area (Å²) in [7, 11) is 3.84. The van der Waals surface area contributed by atoms with E-state index in [1.165, 1.54) is 0 Å². The predicted octanol–water partition coefficient (Wildman–Crippen LogP) is 2.94. The molecule has 7 nitrogen and oxygen atoms in total. The second-order valence-electron chi connectivity index (χ2n) is 8.36. The Bertz CT molecular complexity index is 1100. The minimum absolute atomic E-state index is 0.00122. The smallest absolute Gasteiger partial charge is 0.211 e. The number of nitrogens with zero attached hydrogens (tertiary/aromatic N) is 5. The lowest BCUT2D eigenvalue weighted by molar-refractivity contribution is -0.470. The molecule has 156 valence electrons. The molecule has 2 aliphatic rings. The van der Waals surface area contributed by atoms with Crippen molar-refractivity contribution in [3.63, 3.8) is 0 Å². The summed E-state index contributed by atoms with van der Waals surface area (Å²) in [6.07, 6.45) is 4.84. The van der Waals surface area contributed by atoms with E-state index in [9.17, 15) is 4.79 Å². The third kappa shape index (κ3) is 3.98. The summed E-state index contributed by atoms with van der Waals surface area (Å²) in [5, 5.41) is 6.36. The van der Waals surface area contributed by atoms with Crippen LogP contribution in [0, 0.1) is 5.92 Å². The van der Waals surface area contributed by atoms with Gasteiger partial charge in [0.25, 0.3) is 0 Å². The minimum atomic E-state index is -0.178. The van der Waals surface area contributed by atoms with Gasteiger partial charge in [0.15, 0.2) is 12.4 Å². The van der Waals surface area contributed by atoms with Gasteiger partial charge >= 0.3 is 0 Å². The fourth-order valence-corrected chi connectivity index (χ4v) is 3.72. The molecular weight excluding hydrogens is 378 g/mol. The number of aliphatic imine (C=N–C) groups is 1. The summed E-state index contributed by atoms with van der Waals surface area (Å²) in [5.41, 5.74) is 3.47. The number of aromatic nitrogens is 2. The Morgan fingerprint density at radius 3 is 2.80 bits per heavy atom. The lowest BCUT2D eigenvalue weighted by Gasteiger charge is -2.20. The largest absolute Gasteiger partial charge is 0.388 e. The average Bonchev–Trinajstić information content (AvgIpc) is 3.07. The molecule has 30 heavy (non-hydrogen) atoms. The third-order valence-corrected chi connectivity index (χ3v) is 5.41. The molecule has 7 heteroatoms. The van der Waals surface area contributed by atoms with Gasteiger partial charge in [-0.2, -0.15) is 5.10 Å². The van der Waals surface area contributed by atoms with E-state index in [-0.39, 0.29) is 17.6 Å². The Morgan fingerprint density at radius 2 is 2.10 bits per heavy atom. The van der Waals surface area contributed by atoms with Crippen LogP contribution in [0.15, 0.2) is 58.6 Å². The molecule has 0 spiro atoms. The molecular formula is C23H28N5O2+. The average molecular weight is 407 g/mol. The van der Waals surface area contributed by atoms with Crippen LogP contribution in [0.25, 0.3) is 0 Å². The predicted molar refractivity (Wildman–Crippen MR) is 117 cm³/mol. The van der Waals surface area contributed by atoms with Crippen molar-refractivity contribution in [3.8, 4) is 0 Å². The molecule has 1 aromatic carbocycles. The number of hydrogen-bond acceptors (Lipinski definition) is 5. The van der Waals surface area contributed by atoms with E-state index in [2.05, 4.69) is 31.6 Å². The van der Waals surface area contributed by atoms with Gasteiger partial charge < -0.3 is 4.84 Å². The van der Waals surface area contributed by atoms with Crippen LogP contribution < -0.4 is 5.43 Å². The van der Waals surface area contributed by atoms with Crippen molar-refractivity contribution in [1.82, 2.24) is 14.8 Å². The van der Waals surface area contributed by atoms with Crippen LogP contribution in [0.5, 0.6) is 0 Å². The van der Waals surface area contributed by atoms with Crippen molar-refractivity contribution in [3.05, 3.63) is 75.8 Å². The summed E-state index contributed by atoms with van der Waals surface area (Å²) in [4.78, 5) is 23.0. The maximum atomic E-state index is 12.4. The molecule has 2 atom stereocenters. The standard InChI is InChI=1S/C23H28N5O2/c1-15(2)11-22-24-23(27(5)30-22)18-8-6-7-17(12-18)13-19-21(29)9-10-28(25-19)20-14-26(4)16(20)3/h6-10,12,14-15,20,23H,3,11,13H2,1-2,4-5H3/q+1. The molecule has 0 N–H and O–H groups in total. The van der Waals surface area contributed by atoms with Gasteiger partial charge in [0, 0.05) is 32.2 Å². The summed E-state index contributed by atoms with van der Waals surface area (Å²) < 4.78 is 3.76. The van der Waals surface area contributed by atoms with Crippen LogP contribution in [-0.2, 0) is 11.3 Å². The first kappa shape index (κ1) is 20.2. The Kier molecular flexibility index (Phi) is 5.39. The summed E-state index contributed by atoms with van der Waals surface area (Å²) in [5.74, 6) is 1.25. The van der Waals surface area contributed by atoms with E-state index in [4.69, 9.17) is 9.83 Å². The van der Waals surface area contributed by atoms with Crippen LogP contribution in [0.4, 0.5) is 0 Å². The van der Waals surface area contributed by atoms with Gasteiger partial charge in [-0.15, -0.1) is 5.06 Å². The SMILES string of the molecule is C=C1C(n2ccc(=O)c(Cc3cccc(C4N=C(CC(C)C)ON4C)c3)n2)C=[N+]1C. The molecule has 1 aromatic heterocycles. The van der Waals surface area contributed by atoms with Crippen molar-refractivity contribution >= 4 is 12.1 Å². The van der Waals surface area contributed by atoms with Gasteiger partial charge in [0.05, 0.1) is 0 Å². The van der Waals surface area contributed by atoms with Crippen LogP contribution in [0.1, 0.15) is 49.3 Å². The molecule has 0 amide bonds. The lowest BCUT2D eigenvalue weighted by Crippen LogP contribution is -2.34. The van der Waals surface area contributed by atoms with Gasteiger partial charge in [-0.1, -0.05) is 38.1 Å². The maximum Gasteiger partial charge on any atom is 0.211 e. The van der Waals surface area contributed by atoms with Gasteiger partial charge in [0.1, 0.15) is 12.7 Å². The van der Waals surface area contributed by atoms with Crippen molar-refractivity contribution in [2.24, 2.45) is 10.9 Å². The molecule has 4 rings (SSSR count). The van der Waals surface area contributed by atoms with Crippen LogP contribution in [0.3, 0.4) is 0 Å². The molecule has 2 aliphatic heterocycles. The number of hydroxylamine groups is 2. The summed E-state index contributed by atoms with van der Waals surface area (Å²) in [6, 6.07) is 9.69. The van der Waals surface area contributed by atoms with E-state index >= 15 is 0 Å². The van der Waals surface area contributed by atoms with Crippen LogP contribution in [0.2, 0.25) is 0 Å². The Morgan fingerprint density at radius 1 is 1.30 bits per heavy atom. The maximum absolute atomic E-state index is 12.4. The quantitative estimate of drug-likeness (QED) is 0.692. The normalized spacial score (nSPS) is 21.3. The zero-order valence-electron chi connectivity index (χ0n) is 17.9. The van der Waals surface area contributed by atoms with Gasteiger partial charge in [-0.3, -0.25) is 4.79 Å². The van der Waals surface area contributed by atoms with E-state index in [1.807, 2.05) is 43.1 Å². The number of rotatable bonds is 6. The van der Waals surface area contributed by atoms with Crippen LogP contribution >= 0.6 is 0 Å². The topological polar surface area (TPSA) is 62.7 Å². The molecule has 3 heterocycles. The summed E-state index contributed by atoms with van der Waals surface area (Å²) >= 11 is 0. The first-order valence-corrected chi connectivity index (χ1v) is 10.2. The third-order valence-electron chi connectivity index (χ3n) is 5.41. The monoisotopic (exact) mass is 406 g/mol. The second kappa shape index (κ2) is 7.99. The van der Waals surface area contributed by atoms with Crippen molar-refractivity contribution in [2.45, 2.75) is 38.9 Å². The first-order valence-electron chi connectivity index (χ1n) is 10.2. The number of allylic oxidation sites excluding steroid dienone is 1. The molecule has 0 saturated carbocycles. The van der Waals surface area contributed by atoms with Crippen LogP contribution in [-0.4, -0.2) is 45.6 Å². The Hall–Kier alpha value is -3.06. The summed E-state index contributed by atoms with van der Waals surface area (Å²) in [6.45, 7) is 8.34. The van der Waals surface area contributed by atoms with E-state index in [1.54, 1.807) is 22.0 Å². The highest BCUT2D eigenvalue weighted by Crippen LogP contribution is 2.29.